The van der Waals surface area contributed by atoms with E-state index in [1.165, 1.54) is 11.1 Å². The molecule has 2 aromatic heterocycles. The summed E-state index contributed by atoms with van der Waals surface area (Å²) in [4.78, 5) is 26.1. The first-order valence-corrected chi connectivity index (χ1v) is 9.09. The van der Waals surface area contributed by atoms with E-state index < -0.39 is 0 Å². The summed E-state index contributed by atoms with van der Waals surface area (Å²) in [7, 11) is 0. The number of benzene rings is 1. The molecule has 1 aromatic carbocycles. The number of hydrogen-bond acceptors (Lipinski definition) is 4. The quantitative estimate of drug-likeness (QED) is 0.771. The van der Waals surface area contributed by atoms with Crippen molar-refractivity contribution in [3.05, 3.63) is 76.6 Å². The van der Waals surface area contributed by atoms with Crippen molar-refractivity contribution in [1.29, 1.82) is 0 Å². The highest BCUT2D eigenvalue weighted by atomic mass is 16.1. The zero-order valence-corrected chi connectivity index (χ0v) is 14.7. The van der Waals surface area contributed by atoms with Crippen LogP contribution in [0, 0.1) is 0 Å². The number of nitrogens with zero attached hydrogens (tertiary/aromatic N) is 3. The zero-order chi connectivity index (χ0) is 17.8. The van der Waals surface area contributed by atoms with Gasteiger partial charge in [-0.25, -0.2) is 4.98 Å². The first-order valence-electron chi connectivity index (χ1n) is 9.09. The topological polar surface area (TPSA) is 61.9 Å². The van der Waals surface area contributed by atoms with Crippen LogP contribution in [-0.4, -0.2) is 39.5 Å². The Hall–Kier alpha value is -2.79. The van der Waals surface area contributed by atoms with Crippen molar-refractivity contribution in [1.82, 2.24) is 19.9 Å². The van der Waals surface area contributed by atoms with Crippen LogP contribution in [0.4, 0.5) is 0 Å². The number of pyridine rings is 1. The van der Waals surface area contributed by atoms with Gasteiger partial charge in [0.15, 0.2) is 0 Å². The van der Waals surface area contributed by atoms with Crippen LogP contribution in [0.5, 0.6) is 0 Å². The van der Waals surface area contributed by atoms with E-state index >= 15 is 0 Å². The first kappa shape index (κ1) is 16.7. The molecule has 0 atom stereocenters. The maximum absolute atomic E-state index is 12.1. The fourth-order valence-corrected chi connectivity index (χ4v) is 3.47. The maximum Gasteiger partial charge on any atom is 0.258 e. The molecule has 3 heterocycles. The van der Waals surface area contributed by atoms with Gasteiger partial charge in [-0.15, -0.1) is 0 Å². The molecule has 0 saturated heterocycles. The lowest BCUT2D eigenvalue weighted by atomic mass is 10.0. The van der Waals surface area contributed by atoms with E-state index in [9.17, 15) is 4.79 Å². The molecule has 0 saturated carbocycles. The van der Waals surface area contributed by atoms with Gasteiger partial charge >= 0.3 is 0 Å². The van der Waals surface area contributed by atoms with E-state index in [0.717, 1.165) is 50.2 Å². The second-order valence-corrected chi connectivity index (χ2v) is 6.65. The van der Waals surface area contributed by atoms with Crippen molar-refractivity contribution in [3.63, 3.8) is 0 Å². The van der Waals surface area contributed by atoms with Crippen LogP contribution >= 0.6 is 0 Å². The molecule has 0 fully saturated rings. The smallest absolute Gasteiger partial charge is 0.258 e. The molecule has 5 heteroatoms. The minimum atomic E-state index is -0.0477. The Bertz CT molecular complexity index is 978. The molecular weight excluding hydrogens is 324 g/mol. The SMILES string of the molecule is O=c1[nH]c(CCCN2CC=C(c3ccncc3)CC2)nc2ccccc12. The van der Waals surface area contributed by atoms with Crippen LogP contribution in [0.25, 0.3) is 16.5 Å². The van der Waals surface area contributed by atoms with E-state index in [2.05, 4.69) is 38.1 Å². The number of H-pyrrole nitrogens is 1. The number of aromatic nitrogens is 3. The molecule has 1 N–H and O–H groups in total. The molecule has 0 aliphatic carbocycles. The summed E-state index contributed by atoms with van der Waals surface area (Å²) in [6.45, 7) is 3.05. The zero-order valence-electron chi connectivity index (χ0n) is 14.7. The van der Waals surface area contributed by atoms with Crippen LogP contribution in [0.3, 0.4) is 0 Å². The standard InChI is InChI=1S/C21H22N4O/c26-21-18-4-1-2-5-19(18)23-20(24-21)6-3-13-25-14-9-17(10-15-25)16-7-11-22-12-8-16/h1-2,4-5,7-9,11-12H,3,6,10,13-15H2,(H,23,24,26). The monoisotopic (exact) mass is 346 g/mol. The summed E-state index contributed by atoms with van der Waals surface area (Å²) in [5.41, 5.74) is 3.41. The Morgan fingerprint density at radius 1 is 1.12 bits per heavy atom. The second-order valence-electron chi connectivity index (χ2n) is 6.65. The van der Waals surface area contributed by atoms with Crippen LogP contribution in [0.2, 0.25) is 0 Å². The Kier molecular flexibility index (Phi) is 4.88. The van der Waals surface area contributed by atoms with Crippen molar-refractivity contribution in [3.8, 4) is 0 Å². The molecule has 3 aromatic rings. The van der Waals surface area contributed by atoms with Crippen LogP contribution < -0.4 is 5.56 Å². The highest BCUT2D eigenvalue weighted by Gasteiger charge is 2.13. The summed E-state index contributed by atoms with van der Waals surface area (Å²) >= 11 is 0. The van der Waals surface area contributed by atoms with Crippen LogP contribution in [0.15, 0.2) is 59.7 Å². The van der Waals surface area contributed by atoms with E-state index in [1.807, 2.05) is 36.7 Å². The molecule has 0 bridgehead atoms. The summed E-state index contributed by atoms with van der Waals surface area (Å²) in [6, 6.07) is 11.6. The van der Waals surface area contributed by atoms with E-state index in [4.69, 9.17) is 0 Å². The van der Waals surface area contributed by atoms with E-state index in [1.54, 1.807) is 0 Å². The molecule has 4 rings (SSSR count). The summed E-state index contributed by atoms with van der Waals surface area (Å²) < 4.78 is 0. The first-order chi connectivity index (χ1) is 12.8. The molecule has 1 aliphatic heterocycles. The minimum Gasteiger partial charge on any atom is -0.310 e. The maximum atomic E-state index is 12.1. The molecule has 1 aliphatic rings. The largest absolute Gasteiger partial charge is 0.310 e. The lowest BCUT2D eigenvalue weighted by Crippen LogP contribution is -2.30. The molecular formula is C21H22N4O. The van der Waals surface area contributed by atoms with Crippen molar-refractivity contribution < 1.29 is 0 Å². The Morgan fingerprint density at radius 2 is 1.96 bits per heavy atom. The number of aryl methyl sites for hydroxylation is 1. The number of nitrogens with one attached hydrogen (secondary N) is 1. The fraction of sp³-hybridized carbons (Fsp3) is 0.286. The van der Waals surface area contributed by atoms with Gasteiger partial charge in [0, 0.05) is 31.9 Å². The average molecular weight is 346 g/mol. The normalized spacial score (nSPS) is 15.2. The lowest BCUT2D eigenvalue weighted by Gasteiger charge is -2.26. The van der Waals surface area contributed by atoms with Crippen LogP contribution in [0.1, 0.15) is 24.2 Å². The Labute approximate surface area is 152 Å². The van der Waals surface area contributed by atoms with Gasteiger partial charge in [-0.05, 0) is 54.8 Å². The van der Waals surface area contributed by atoms with Gasteiger partial charge in [0.05, 0.1) is 10.9 Å². The van der Waals surface area contributed by atoms with Gasteiger partial charge < -0.3 is 4.98 Å². The number of hydrogen-bond donors (Lipinski definition) is 1. The van der Waals surface area contributed by atoms with Gasteiger partial charge in [-0.3, -0.25) is 14.7 Å². The molecule has 26 heavy (non-hydrogen) atoms. The fourth-order valence-electron chi connectivity index (χ4n) is 3.47. The predicted octanol–water partition coefficient (Wildman–Crippen LogP) is 3.04. The lowest BCUT2D eigenvalue weighted by molar-refractivity contribution is 0.297. The molecule has 0 spiro atoms. The Balaban J connectivity index is 1.33. The van der Waals surface area contributed by atoms with Crippen molar-refractivity contribution in [2.75, 3.05) is 19.6 Å². The highest BCUT2D eigenvalue weighted by Crippen LogP contribution is 2.21. The molecule has 0 amide bonds. The van der Waals surface area contributed by atoms with Gasteiger partial charge in [-0.1, -0.05) is 18.2 Å². The van der Waals surface area contributed by atoms with Gasteiger partial charge in [0.1, 0.15) is 5.82 Å². The van der Waals surface area contributed by atoms with Gasteiger partial charge in [-0.2, -0.15) is 0 Å². The summed E-state index contributed by atoms with van der Waals surface area (Å²) in [6.07, 6.45) is 8.85. The van der Waals surface area contributed by atoms with Crippen molar-refractivity contribution in [2.45, 2.75) is 19.3 Å². The van der Waals surface area contributed by atoms with Crippen molar-refractivity contribution in [2.24, 2.45) is 0 Å². The number of fused-ring (bicyclic) bond motifs is 1. The minimum absolute atomic E-state index is 0.0477. The molecule has 132 valence electrons. The third-order valence-corrected chi connectivity index (χ3v) is 4.89. The number of para-hydroxylation sites is 1. The molecule has 0 unspecified atom stereocenters. The second kappa shape index (κ2) is 7.62. The predicted molar refractivity (Wildman–Crippen MR) is 104 cm³/mol. The molecule has 5 nitrogen and oxygen atoms in total. The molecule has 0 radical (unpaired) electrons. The number of aromatic amines is 1. The van der Waals surface area contributed by atoms with E-state index in [0.29, 0.717) is 5.39 Å². The highest BCUT2D eigenvalue weighted by molar-refractivity contribution is 5.77. The van der Waals surface area contributed by atoms with Gasteiger partial charge in [0.25, 0.3) is 5.56 Å². The Morgan fingerprint density at radius 3 is 2.77 bits per heavy atom. The summed E-state index contributed by atoms with van der Waals surface area (Å²) in [5, 5.41) is 0.654. The number of rotatable bonds is 5. The van der Waals surface area contributed by atoms with E-state index in [-0.39, 0.29) is 5.56 Å². The third-order valence-electron chi connectivity index (χ3n) is 4.89. The average Bonchev–Trinajstić information content (AvgIpc) is 2.69. The third kappa shape index (κ3) is 3.73. The van der Waals surface area contributed by atoms with Gasteiger partial charge in [0.2, 0.25) is 0 Å². The summed E-state index contributed by atoms with van der Waals surface area (Å²) in [5.74, 6) is 0.777. The van der Waals surface area contributed by atoms with Crippen LogP contribution in [-0.2, 0) is 6.42 Å². The van der Waals surface area contributed by atoms with Crippen molar-refractivity contribution >= 4 is 16.5 Å².